The summed E-state index contributed by atoms with van der Waals surface area (Å²) in [6.45, 7) is 2.93. The number of nitrogens with one attached hydrogen (secondary N) is 1. The summed E-state index contributed by atoms with van der Waals surface area (Å²) in [5, 5.41) is 11.6. The summed E-state index contributed by atoms with van der Waals surface area (Å²) in [5.41, 5.74) is 2.78. The Morgan fingerprint density at radius 2 is 1.92 bits per heavy atom. The van der Waals surface area contributed by atoms with Crippen molar-refractivity contribution < 1.29 is 14.3 Å². The largest absolute Gasteiger partial charge is 0.457 e. The van der Waals surface area contributed by atoms with Gasteiger partial charge >= 0.3 is 0 Å². The molecule has 0 saturated carbocycles. The van der Waals surface area contributed by atoms with Crippen LogP contribution in [0, 0.1) is 0 Å². The van der Waals surface area contributed by atoms with E-state index in [-0.39, 0.29) is 6.61 Å². The molecular weight excluding hydrogens is 330 g/mol. The van der Waals surface area contributed by atoms with E-state index in [4.69, 9.17) is 14.1 Å². The lowest BCUT2D eigenvalue weighted by molar-refractivity contribution is 0.122. The van der Waals surface area contributed by atoms with Crippen molar-refractivity contribution in [1.29, 1.82) is 0 Å². The molecule has 0 amide bonds. The summed E-state index contributed by atoms with van der Waals surface area (Å²) < 4.78 is 11.3. The van der Waals surface area contributed by atoms with Crippen molar-refractivity contribution >= 4 is 27.6 Å². The predicted molar refractivity (Wildman–Crippen MR) is 100 cm³/mol. The van der Waals surface area contributed by atoms with E-state index in [0.29, 0.717) is 24.7 Å². The number of furan rings is 1. The van der Waals surface area contributed by atoms with Gasteiger partial charge in [-0.25, -0.2) is 4.98 Å². The number of rotatable bonds is 3. The van der Waals surface area contributed by atoms with Gasteiger partial charge in [0.15, 0.2) is 5.76 Å². The molecule has 4 heterocycles. The lowest BCUT2D eigenvalue weighted by Gasteiger charge is -2.28. The standard InChI is InChI=1S/C20H19N3O3/c24-12-13-5-6-17(26-13)20-19-15(14-3-1-2-4-16(14)21-19)11-18(22-20)23-7-9-25-10-8-23/h1-6,11,21,24H,7-10,12H2. The Balaban J connectivity index is 1.77. The van der Waals surface area contributed by atoms with Crippen molar-refractivity contribution in [3.63, 3.8) is 0 Å². The Labute approximate surface area is 150 Å². The molecule has 1 aromatic carbocycles. The minimum atomic E-state index is -0.126. The van der Waals surface area contributed by atoms with Gasteiger partial charge in [-0.3, -0.25) is 0 Å². The Morgan fingerprint density at radius 3 is 2.73 bits per heavy atom. The van der Waals surface area contributed by atoms with Gasteiger partial charge < -0.3 is 24.1 Å². The Morgan fingerprint density at radius 1 is 1.08 bits per heavy atom. The van der Waals surface area contributed by atoms with E-state index in [2.05, 4.69) is 28.1 Å². The predicted octanol–water partition coefficient (Wildman–Crippen LogP) is 3.31. The van der Waals surface area contributed by atoms with Crippen LogP contribution in [-0.4, -0.2) is 41.4 Å². The van der Waals surface area contributed by atoms with Crippen LogP contribution in [-0.2, 0) is 11.3 Å². The maximum Gasteiger partial charge on any atom is 0.155 e. The Kier molecular flexibility index (Phi) is 3.65. The van der Waals surface area contributed by atoms with Gasteiger partial charge in [0.1, 0.15) is 23.9 Å². The molecule has 0 bridgehead atoms. The highest BCUT2D eigenvalue weighted by Gasteiger charge is 2.19. The lowest BCUT2D eigenvalue weighted by Crippen LogP contribution is -2.36. The number of aromatic nitrogens is 2. The number of aliphatic hydroxyl groups is 1. The molecule has 0 atom stereocenters. The highest BCUT2D eigenvalue weighted by atomic mass is 16.5. The van der Waals surface area contributed by atoms with E-state index in [1.165, 1.54) is 0 Å². The van der Waals surface area contributed by atoms with Crippen LogP contribution in [0.2, 0.25) is 0 Å². The summed E-state index contributed by atoms with van der Waals surface area (Å²) in [5.74, 6) is 2.10. The molecule has 6 heteroatoms. The van der Waals surface area contributed by atoms with Crippen LogP contribution in [0.15, 0.2) is 46.9 Å². The summed E-state index contributed by atoms with van der Waals surface area (Å²) in [6, 6.07) is 14.0. The number of benzene rings is 1. The number of aromatic amines is 1. The fourth-order valence-electron chi connectivity index (χ4n) is 3.56. The normalized spacial score (nSPS) is 15.2. The first-order valence-corrected chi connectivity index (χ1v) is 8.77. The smallest absolute Gasteiger partial charge is 0.155 e. The van der Waals surface area contributed by atoms with E-state index < -0.39 is 0 Å². The zero-order valence-electron chi connectivity index (χ0n) is 14.2. The molecule has 5 rings (SSSR count). The summed E-state index contributed by atoms with van der Waals surface area (Å²) in [4.78, 5) is 10.6. The van der Waals surface area contributed by atoms with Gasteiger partial charge in [0.25, 0.3) is 0 Å². The van der Waals surface area contributed by atoms with Crippen LogP contribution in [0.25, 0.3) is 33.3 Å². The number of hydrogen-bond donors (Lipinski definition) is 2. The number of aliphatic hydroxyl groups excluding tert-OH is 1. The monoisotopic (exact) mass is 349 g/mol. The number of pyridine rings is 1. The molecule has 1 saturated heterocycles. The summed E-state index contributed by atoms with van der Waals surface area (Å²) in [6.07, 6.45) is 0. The maximum atomic E-state index is 9.34. The van der Waals surface area contributed by atoms with Gasteiger partial charge in [0.05, 0.1) is 18.7 Å². The van der Waals surface area contributed by atoms with E-state index in [0.717, 1.165) is 46.4 Å². The van der Waals surface area contributed by atoms with Gasteiger partial charge in [-0.15, -0.1) is 0 Å². The van der Waals surface area contributed by atoms with E-state index in [1.807, 2.05) is 18.2 Å². The molecule has 1 aliphatic rings. The zero-order chi connectivity index (χ0) is 17.5. The topological polar surface area (TPSA) is 74.5 Å². The first kappa shape index (κ1) is 15.4. The van der Waals surface area contributed by atoms with E-state index in [9.17, 15) is 5.11 Å². The van der Waals surface area contributed by atoms with Gasteiger partial charge in [-0.2, -0.15) is 0 Å². The van der Waals surface area contributed by atoms with Gasteiger partial charge in [0.2, 0.25) is 0 Å². The van der Waals surface area contributed by atoms with E-state index in [1.54, 1.807) is 6.07 Å². The minimum absolute atomic E-state index is 0.126. The molecule has 3 aromatic heterocycles. The highest BCUT2D eigenvalue weighted by Crippen LogP contribution is 2.35. The number of H-pyrrole nitrogens is 1. The third kappa shape index (κ3) is 2.46. The van der Waals surface area contributed by atoms with Crippen molar-refractivity contribution in [2.75, 3.05) is 31.2 Å². The van der Waals surface area contributed by atoms with Crippen LogP contribution < -0.4 is 4.90 Å². The summed E-state index contributed by atoms with van der Waals surface area (Å²) in [7, 11) is 0. The van der Waals surface area contributed by atoms with Gasteiger partial charge in [-0.1, -0.05) is 18.2 Å². The van der Waals surface area contributed by atoms with Crippen LogP contribution in [0.4, 0.5) is 5.82 Å². The second-order valence-electron chi connectivity index (χ2n) is 6.45. The number of ether oxygens (including phenoxy) is 1. The third-order valence-corrected chi connectivity index (χ3v) is 4.87. The Bertz CT molecular complexity index is 1080. The van der Waals surface area contributed by atoms with Crippen molar-refractivity contribution in [1.82, 2.24) is 9.97 Å². The lowest BCUT2D eigenvalue weighted by atomic mass is 10.1. The number of morpholine rings is 1. The molecular formula is C20H19N3O3. The van der Waals surface area contributed by atoms with Crippen molar-refractivity contribution in [3.05, 3.63) is 48.2 Å². The molecule has 1 fully saturated rings. The van der Waals surface area contributed by atoms with Crippen molar-refractivity contribution in [2.24, 2.45) is 0 Å². The number of para-hydroxylation sites is 1. The van der Waals surface area contributed by atoms with Crippen molar-refractivity contribution in [2.45, 2.75) is 6.61 Å². The summed E-state index contributed by atoms with van der Waals surface area (Å²) >= 11 is 0. The SMILES string of the molecule is OCc1ccc(-c2nc(N3CCOCC3)cc3c2[nH]c2ccccc23)o1. The van der Waals surface area contributed by atoms with Crippen LogP contribution >= 0.6 is 0 Å². The Hall–Kier alpha value is -2.83. The second kappa shape index (κ2) is 6.16. The molecule has 26 heavy (non-hydrogen) atoms. The van der Waals surface area contributed by atoms with Gasteiger partial charge in [-0.05, 0) is 24.3 Å². The minimum Gasteiger partial charge on any atom is -0.457 e. The number of hydrogen-bond acceptors (Lipinski definition) is 5. The highest BCUT2D eigenvalue weighted by molar-refractivity contribution is 6.11. The second-order valence-corrected chi connectivity index (χ2v) is 6.45. The number of fused-ring (bicyclic) bond motifs is 3. The fraction of sp³-hybridized carbons (Fsp3) is 0.250. The molecule has 4 aromatic rings. The molecule has 0 radical (unpaired) electrons. The molecule has 0 aliphatic carbocycles. The van der Waals surface area contributed by atoms with Crippen LogP contribution in [0.3, 0.4) is 0 Å². The third-order valence-electron chi connectivity index (χ3n) is 4.87. The van der Waals surface area contributed by atoms with Crippen LogP contribution in [0.1, 0.15) is 5.76 Å². The molecule has 1 aliphatic heterocycles. The van der Waals surface area contributed by atoms with Gasteiger partial charge in [0, 0.05) is 29.4 Å². The first-order chi connectivity index (χ1) is 12.8. The maximum absolute atomic E-state index is 9.34. The van der Waals surface area contributed by atoms with Crippen molar-refractivity contribution in [3.8, 4) is 11.5 Å². The average molecular weight is 349 g/mol. The molecule has 0 spiro atoms. The zero-order valence-corrected chi connectivity index (χ0v) is 14.2. The molecule has 2 N–H and O–H groups in total. The quantitative estimate of drug-likeness (QED) is 0.594. The number of anilines is 1. The first-order valence-electron chi connectivity index (χ1n) is 8.77. The molecule has 6 nitrogen and oxygen atoms in total. The van der Waals surface area contributed by atoms with Crippen LogP contribution in [0.5, 0.6) is 0 Å². The number of nitrogens with zero attached hydrogens (tertiary/aromatic N) is 2. The van der Waals surface area contributed by atoms with E-state index >= 15 is 0 Å². The molecule has 132 valence electrons. The average Bonchev–Trinajstić information content (AvgIpc) is 3.32. The molecule has 0 unspecified atom stereocenters. The fourth-order valence-corrected chi connectivity index (χ4v) is 3.56.